The van der Waals surface area contributed by atoms with E-state index < -0.39 is 12.2 Å². The lowest BCUT2D eigenvalue weighted by Crippen LogP contribution is -2.47. The van der Waals surface area contributed by atoms with Crippen LogP contribution >= 0.6 is 0 Å². The number of hydrogen-bond donors (Lipinski definition) is 2. The number of unbranched alkanes of at least 4 members (excludes halogenated alkanes) is 6. The molecule has 0 aromatic carbocycles. The average Bonchev–Trinajstić information content (AvgIpc) is 2.83. The summed E-state index contributed by atoms with van der Waals surface area (Å²) < 4.78 is 6.02. The van der Waals surface area contributed by atoms with Crippen LogP contribution in [-0.4, -0.2) is 59.7 Å². The van der Waals surface area contributed by atoms with Gasteiger partial charge in [-0.05, 0) is 38.3 Å². The van der Waals surface area contributed by atoms with E-state index in [9.17, 15) is 10.2 Å². The lowest BCUT2D eigenvalue weighted by Gasteiger charge is -2.32. The Hall–Kier alpha value is -0.160. The molecule has 0 spiro atoms. The van der Waals surface area contributed by atoms with E-state index in [0.717, 1.165) is 19.4 Å². The Morgan fingerprint density at radius 3 is 2.23 bits per heavy atom. The first-order valence-corrected chi connectivity index (χ1v) is 10.9. The van der Waals surface area contributed by atoms with Crippen LogP contribution in [0.15, 0.2) is 0 Å². The minimum Gasteiger partial charge on any atom is -0.391 e. The number of nitrogens with zero attached hydrogens (tertiary/aromatic N) is 1. The lowest BCUT2D eigenvalue weighted by atomic mass is 9.89. The van der Waals surface area contributed by atoms with Crippen molar-refractivity contribution in [3.63, 3.8) is 0 Å². The van der Waals surface area contributed by atoms with Crippen molar-refractivity contribution >= 4 is 0 Å². The fourth-order valence-corrected chi connectivity index (χ4v) is 3.99. The molecule has 0 aromatic rings. The minimum absolute atomic E-state index is 0.0803. The van der Waals surface area contributed by atoms with E-state index in [-0.39, 0.29) is 12.1 Å². The Morgan fingerprint density at radius 2 is 1.58 bits per heavy atom. The van der Waals surface area contributed by atoms with E-state index in [0.29, 0.717) is 18.4 Å². The molecule has 0 heterocycles. The van der Waals surface area contributed by atoms with E-state index >= 15 is 0 Å². The molecular formula is C22H45NO3. The monoisotopic (exact) mass is 371 g/mol. The highest BCUT2D eigenvalue weighted by atomic mass is 16.5. The first-order valence-electron chi connectivity index (χ1n) is 10.9. The van der Waals surface area contributed by atoms with Crippen molar-refractivity contribution in [3.8, 4) is 0 Å². The van der Waals surface area contributed by atoms with Crippen molar-refractivity contribution in [2.75, 3.05) is 20.2 Å². The van der Waals surface area contributed by atoms with Gasteiger partial charge >= 0.3 is 0 Å². The summed E-state index contributed by atoms with van der Waals surface area (Å²) in [6.07, 6.45) is 10.0. The number of likely N-dealkylation sites (N-methyl/N-ethyl adjacent to an activating group) is 1. The van der Waals surface area contributed by atoms with E-state index in [1.54, 1.807) is 0 Å². The molecule has 4 nitrogen and oxygen atoms in total. The molecule has 0 radical (unpaired) electrons. The lowest BCUT2D eigenvalue weighted by molar-refractivity contribution is -0.0589. The van der Waals surface area contributed by atoms with E-state index in [4.69, 9.17) is 4.74 Å². The zero-order valence-corrected chi connectivity index (χ0v) is 18.0. The van der Waals surface area contributed by atoms with Gasteiger partial charge in [-0.2, -0.15) is 0 Å². The Morgan fingerprint density at radius 1 is 0.923 bits per heavy atom. The van der Waals surface area contributed by atoms with Gasteiger partial charge in [0.15, 0.2) is 0 Å². The van der Waals surface area contributed by atoms with Gasteiger partial charge in [0, 0.05) is 13.0 Å². The fourth-order valence-electron chi connectivity index (χ4n) is 3.99. The van der Waals surface area contributed by atoms with Crippen LogP contribution in [0.1, 0.15) is 91.9 Å². The van der Waals surface area contributed by atoms with Crippen LogP contribution in [0.5, 0.6) is 0 Å². The average molecular weight is 372 g/mol. The van der Waals surface area contributed by atoms with E-state index in [1.165, 1.54) is 44.9 Å². The summed E-state index contributed by atoms with van der Waals surface area (Å²) in [5.74, 6) is 0. The summed E-state index contributed by atoms with van der Waals surface area (Å²) in [5, 5.41) is 20.7. The van der Waals surface area contributed by atoms with Crippen LogP contribution in [0.4, 0.5) is 0 Å². The van der Waals surface area contributed by atoms with Gasteiger partial charge in [-0.1, -0.05) is 66.2 Å². The van der Waals surface area contributed by atoms with Crippen molar-refractivity contribution in [3.05, 3.63) is 0 Å². The van der Waals surface area contributed by atoms with Crippen LogP contribution in [0.25, 0.3) is 0 Å². The van der Waals surface area contributed by atoms with Gasteiger partial charge in [0.1, 0.15) is 6.10 Å². The van der Waals surface area contributed by atoms with Gasteiger partial charge in [-0.15, -0.1) is 0 Å². The molecule has 4 unspecified atom stereocenters. The second kappa shape index (κ2) is 12.3. The van der Waals surface area contributed by atoms with Crippen molar-refractivity contribution < 1.29 is 14.9 Å². The number of ether oxygens (including phenoxy) is 1. The summed E-state index contributed by atoms with van der Waals surface area (Å²) in [6, 6.07) is -0.0803. The van der Waals surface area contributed by atoms with E-state index in [1.807, 2.05) is 0 Å². The van der Waals surface area contributed by atoms with Crippen molar-refractivity contribution in [1.82, 2.24) is 4.90 Å². The van der Waals surface area contributed by atoms with Crippen LogP contribution < -0.4 is 0 Å². The maximum atomic E-state index is 10.4. The quantitative estimate of drug-likeness (QED) is 0.472. The van der Waals surface area contributed by atoms with Gasteiger partial charge in [-0.3, -0.25) is 4.90 Å². The van der Waals surface area contributed by atoms with Gasteiger partial charge in [-0.25, -0.2) is 0 Å². The second-order valence-electron chi connectivity index (χ2n) is 9.46. The Bertz CT molecular complexity index is 356. The summed E-state index contributed by atoms with van der Waals surface area (Å²) in [7, 11) is 2.06. The van der Waals surface area contributed by atoms with Gasteiger partial charge < -0.3 is 14.9 Å². The largest absolute Gasteiger partial charge is 0.391 e. The molecule has 2 N–H and O–H groups in total. The van der Waals surface area contributed by atoms with Crippen molar-refractivity contribution in [2.45, 2.75) is 116 Å². The van der Waals surface area contributed by atoms with Crippen molar-refractivity contribution in [2.24, 2.45) is 5.41 Å². The summed E-state index contributed by atoms with van der Waals surface area (Å²) in [4.78, 5) is 2.21. The van der Waals surface area contributed by atoms with Gasteiger partial charge in [0.2, 0.25) is 0 Å². The highest BCUT2D eigenvalue weighted by molar-refractivity contribution is 4.98. The standard InChI is InChI=1S/C22H45NO3/c1-6-7-8-9-13-16-26-21-19(25)17-18(24)20(21)23(5)15-12-10-11-14-22(2,3)4/h18-21,24-25H,6-17H2,1-5H3. The minimum atomic E-state index is -0.547. The molecule has 26 heavy (non-hydrogen) atoms. The van der Waals surface area contributed by atoms with Crippen LogP contribution in [0.2, 0.25) is 0 Å². The molecule has 156 valence electrons. The molecule has 0 aliphatic heterocycles. The smallest absolute Gasteiger partial charge is 0.101 e. The summed E-state index contributed by atoms with van der Waals surface area (Å²) in [6.45, 7) is 10.7. The first-order chi connectivity index (χ1) is 12.3. The highest BCUT2D eigenvalue weighted by Crippen LogP contribution is 2.28. The third-order valence-corrected chi connectivity index (χ3v) is 5.60. The maximum absolute atomic E-state index is 10.4. The third kappa shape index (κ3) is 9.16. The second-order valence-corrected chi connectivity index (χ2v) is 9.46. The first kappa shape index (κ1) is 23.9. The topological polar surface area (TPSA) is 52.9 Å². The van der Waals surface area contributed by atoms with Gasteiger partial charge in [0.25, 0.3) is 0 Å². The van der Waals surface area contributed by atoms with Gasteiger partial charge in [0.05, 0.1) is 18.2 Å². The predicted octanol–water partition coefficient (Wildman–Crippen LogP) is 4.37. The Balaban J connectivity index is 2.33. The molecule has 1 aliphatic rings. The Labute approximate surface area is 162 Å². The summed E-state index contributed by atoms with van der Waals surface area (Å²) in [5.41, 5.74) is 0.410. The van der Waals surface area contributed by atoms with Crippen molar-refractivity contribution in [1.29, 1.82) is 0 Å². The molecule has 0 saturated heterocycles. The number of aliphatic hydroxyl groups is 2. The predicted molar refractivity (Wildman–Crippen MR) is 109 cm³/mol. The Kier molecular flexibility index (Phi) is 11.3. The maximum Gasteiger partial charge on any atom is 0.101 e. The SMILES string of the molecule is CCCCCCCOC1C(O)CC(O)C1N(C)CCCCCC(C)(C)C. The molecule has 0 aromatic heterocycles. The zero-order valence-electron chi connectivity index (χ0n) is 18.0. The molecule has 4 atom stereocenters. The number of aliphatic hydroxyl groups excluding tert-OH is 2. The number of rotatable bonds is 13. The summed E-state index contributed by atoms with van der Waals surface area (Å²) >= 11 is 0. The van der Waals surface area contributed by atoms with Crippen LogP contribution in [-0.2, 0) is 4.74 Å². The fraction of sp³-hybridized carbons (Fsp3) is 1.00. The normalized spacial score (nSPS) is 26.8. The van der Waals surface area contributed by atoms with Crippen LogP contribution in [0.3, 0.4) is 0 Å². The molecule has 1 fully saturated rings. The zero-order chi connectivity index (χ0) is 19.6. The molecular weight excluding hydrogens is 326 g/mol. The third-order valence-electron chi connectivity index (χ3n) is 5.60. The molecule has 0 bridgehead atoms. The molecule has 4 heteroatoms. The van der Waals surface area contributed by atoms with E-state index in [2.05, 4.69) is 39.6 Å². The highest BCUT2D eigenvalue weighted by Gasteiger charge is 2.44. The molecule has 0 amide bonds. The molecule has 1 saturated carbocycles. The van der Waals surface area contributed by atoms with Crippen LogP contribution in [0, 0.1) is 5.41 Å². The number of hydrogen-bond acceptors (Lipinski definition) is 4. The molecule has 1 rings (SSSR count). The molecule has 1 aliphatic carbocycles.